The van der Waals surface area contributed by atoms with Gasteiger partial charge in [-0.15, -0.1) is 0 Å². The van der Waals surface area contributed by atoms with Crippen LogP contribution in [0.2, 0.25) is 0 Å². The molecule has 0 radical (unpaired) electrons. The van der Waals surface area contributed by atoms with Gasteiger partial charge >= 0.3 is 0 Å². The van der Waals surface area contributed by atoms with Crippen LogP contribution in [0.25, 0.3) is 10.2 Å². The predicted octanol–water partition coefficient (Wildman–Crippen LogP) is 4.52. The molecule has 1 aliphatic carbocycles. The molecule has 0 bridgehead atoms. The smallest absolute Gasteiger partial charge is 0.253 e. The number of aromatic nitrogens is 1. The molecule has 186 valence electrons. The van der Waals surface area contributed by atoms with E-state index in [4.69, 9.17) is 4.98 Å². The van der Waals surface area contributed by atoms with E-state index in [1.807, 2.05) is 4.90 Å². The van der Waals surface area contributed by atoms with Gasteiger partial charge in [-0.1, -0.05) is 36.7 Å². The predicted molar refractivity (Wildman–Crippen MR) is 141 cm³/mol. The molecule has 5 rings (SSSR count). The standard InChI is InChI=1S/C26H32N4O3S2/c1-19-8-13-23-24(18-19)34-26(27-23)30-16-14-29(15-17-30)25(31)20-9-11-22(12-10-20)35(32,33)28(2)21-6-4-3-5-7-21/h8-13,18,21H,3-7,14-17H2,1-2H3. The molecular weight excluding hydrogens is 480 g/mol. The summed E-state index contributed by atoms with van der Waals surface area (Å²) in [6.45, 7) is 4.75. The lowest BCUT2D eigenvalue weighted by atomic mass is 9.96. The van der Waals surface area contributed by atoms with Crippen molar-refractivity contribution in [3.8, 4) is 0 Å². The van der Waals surface area contributed by atoms with E-state index in [1.54, 1.807) is 42.6 Å². The van der Waals surface area contributed by atoms with E-state index >= 15 is 0 Å². The van der Waals surface area contributed by atoms with E-state index in [1.165, 1.54) is 21.0 Å². The Morgan fingerprint density at radius 3 is 2.37 bits per heavy atom. The molecule has 35 heavy (non-hydrogen) atoms. The Kier molecular flexibility index (Phi) is 6.83. The minimum atomic E-state index is -3.56. The maximum absolute atomic E-state index is 13.1. The lowest BCUT2D eigenvalue weighted by Gasteiger charge is -2.34. The van der Waals surface area contributed by atoms with E-state index in [2.05, 4.69) is 30.0 Å². The molecule has 0 N–H and O–H groups in total. The van der Waals surface area contributed by atoms with Gasteiger partial charge in [0.25, 0.3) is 5.91 Å². The van der Waals surface area contributed by atoms with Gasteiger partial charge in [0.15, 0.2) is 5.13 Å². The number of hydrogen-bond acceptors (Lipinski definition) is 6. The van der Waals surface area contributed by atoms with Gasteiger partial charge in [-0.2, -0.15) is 4.31 Å². The first-order valence-electron chi connectivity index (χ1n) is 12.3. The minimum Gasteiger partial charge on any atom is -0.345 e. The fourth-order valence-corrected chi connectivity index (χ4v) is 7.55. The Labute approximate surface area is 211 Å². The van der Waals surface area contributed by atoms with Crippen LogP contribution in [-0.4, -0.2) is 67.8 Å². The van der Waals surface area contributed by atoms with Crippen LogP contribution in [0.4, 0.5) is 5.13 Å². The molecule has 0 unspecified atom stereocenters. The van der Waals surface area contributed by atoms with Crippen LogP contribution in [0, 0.1) is 6.92 Å². The van der Waals surface area contributed by atoms with Crippen molar-refractivity contribution in [2.45, 2.75) is 50.0 Å². The summed E-state index contributed by atoms with van der Waals surface area (Å²) in [6, 6.07) is 12.8. The molecule has 9 heteroatoms. The molecule has 2 fully saturated rings. The molecule has 7 nitrogen and oxygen atoms in total. The lowest BCUT2D eigenvalue weighted by molar-refractivity contribution is 0.0746. The van der Waals surface area contributed by atoms with Gasteiger partial charge in [0.2, 0.25) is 10.0 Å². The zero-order valence-electron chi connectivity index (χ0n) is 20.3. The maximum Gasteiger partial charge on any atom is 0.253 e. The number of piperazine rings is 1. The third-order valence-corrected chi connectivity index (χ3v) is 10.2. The zero-order chi connectivity index (χ0) is 24.6. The number of fused-ring (bicyclic) bond motifs is 1. The second-order valence-electron chi connectivity index (χ2n) is 9.58. The molecular formula is C26H32N4O3S2. The monoisotopic (exact) mass is 512 g/mol. The Morgan fingerprint density at radius 1 is 1.00 bits per heavy atom. The highest BCUT2D eigenvalue weighted by molar-refractivity contribution is 7.89. The van der Waals surface area contributed by atoms with Crippen molar-refractivity contribution < 1.29 is 13.2 Å². The Bertz CT molecular complexity index is 1310. The summed E-state index contributed by atoms with van der Waals surface area (Å²) in [5, 5.41) is 0.995. The van der Waals surface area contributed by atoms with Crippen LogP contribution in [0.15, 0.2) is 47.4 Å². The first-order valence-corrected chi connectivity index (χ1v) is 14.6. The van der Waals surface area contributed by atoms with Gasteiger partial charge < -0.3 is 9.80 Å². The van der Waals surface area contributed by atoms with Crippen molar-refractivity contribution >= 4 is 42.6 Å². The van der Waals surface area contributed by atoms with Gasteiger partial charge in [0.05, 0.1) is 15.1 Å². The first-order chi connectivity index (χ1) is 16.8. The summed E-state index contributed by atoms with van der Waals surface area (Å²) >= 11 is 1.69. The van der Waals surface area contributed by atoms with Crippen molar-refractivity contribution in [2.75, 3.05) is 38.1 Å². The van der Waals surface area contributed by atoms with Crippen molar-refractivity contribution in [2.24, 2.45) is 0 Å². The van der Waals surface area contributed by atoms with Gasteiger partial charge in [-0.3, -0.25) is 4.79 Å². The molecule has 1 aliphatic heterocycles. The summed E-state index contributed by atoms with van der Waals surface area (Å²) in [4.78, 5) is 22.2. The molecule has 3 aromatic rings. The summed E-state index contributed by atoms with van der Waals surface area (Å²) < 4.78 is 28.9. The second-order valence-corrected chi connectivity index (χ2v) is 12.6. The van der Waals surface area contributed by atoms with Crippen molar-refractivity contribution in [3.05, 3.63) is 53.6 Å². The van der Waals surface area contributed by atoms with E-state index in [9.17, 15) is 13.2 Å². The average Bonchev–Trinajstić information content (AvgIpc) is 3.32. The third-order valence-electron chi connectivity index (χ3n) is 7.24. The van der Waals surface area contributed by atoms with Crippen LogP contribution in [-0.2, 0) is 10.0 Å². The molecule has 1 aromatic heterocycles. The van der Waals surface area contributed by atoms with E-state index in [-0.39, 0.29) is 16.8 Å². The number of anilines is 1. The molecule has 1 saturated heterocycles. The number of carbonyl (C=O) groups excluding carboxylic acids is 1. The number of amides is 1. The third kappa shape index (κ3) is 4.94. The van der Waals surface area contributed by atoms with Crippen molar-refractivity contribution in [3.63, 3.8) is 0 Å². The maximum atomic E-state index is 13.1. The number of sulfonamides is 1. The highest BCUT2D eigenvalue weighted by atomic mass is 32.2. The summed E-state index contributed by atoms with van der Waals surface area (Å²) in [5.41, 5.74) is 2.76. The number of carbonyl (C=O) groups is 1. The molecule has 2 aliphatic rings. The molecule has 2 heterocycles. The number of aryl methyl sites for hydroxylation is 1. The number of hydrogen-bond donors (Lipinski definition) is 0. The normalized spacial score (nSPS) is 17.9. The number of nitrogens with zero attached hydrogens (tertiary/aromatic N) is 4. The zero-order valence-corrected chi connectivity index (χ0v) is 21.9. The largest absolute Gasteiger partial charge is 0.345 e. The van der Waals surface area contributed by atoms with Gasteiger partial charge in [0, 0.05) is 44.8 Å². The first kappa shape index (κ1) is 24.2. The lowest BCUT2D eigenvalue weighted by Crippen LogP contribution is -2.48. The van der Waals surface area contributed by atoms with E-state index in [0.29, 0.717) is 18.7 Å². The Hall–Kier alpha value is -2.49. The van der Waals surface area contributed by atoms with Crippen LogP contribution in [0.3, 0.4) is 0 Å². The fraction of sp³-hybridized carbons (Fsp3) is 0.462. The van der Waals surface area contributed by atoms with Crippen molar-refractivity contribution in [1.82, 2.24) is 14.2 Å². The molecule has 1 amide bonds. The second kappa shape index (κ2) is 9.87. The summed E-state index contributed by atoms with van der Waals surface area (Å²) in [7, 11) is -1.88. The summed E-state index contributed by atoms with van der Waals surface area (Å²) in [5.74, 6) is -0.0610. The molecule has 0 atom stereocenters. The SMILES string of the molecule is Cc1ccc2nc(N3CCN(C(=O)c4ccc(S(=O)(=O)N(C)C5CCCCC5)cc4)CC3)sc2c1. The average molecular weight is 513 g/mol. The molecule has 0 spiro atoms. The Morgan fingerprint density at radius 2 is 1.69 bits per heavy atom. The minimum absolute atomic E-state index is 0.0609. The molecule has 2 aromatic carbocycles. The number of thiazole rings is 1. The van der Waals surface area contributed by atoms with Gasteiger partial charge in [-0.25, -0.2) is 13.4 Å². The highest BCUT2D eigenvalue weighted by Crippen LogP contribution is 2.30. The quantitative estimate of drug-likeness (QED) is 0.503. The van der Waals surface area contributed by atoms with Crippen LogP contribution in [0.1, 0.15) is 48.0 Å². The highest BCUT2D eigenvalue weighted by Gasteiger charge is 2.30. The van der Waals surface area contributed by atoms with Gasteiger partial charge in [0.1, 0.15) is 0 Å². The molecule has 1 saturated carbocycles. The summed E-state index contributed by atoms with van der Waals surface area (Å²) in [6.07, 6.45) is 5.15. The van der Waals surface area contributed by atoms with Crippen LogP contribution in [0.5, 0.6) is 0 Å². The van der Waals surface area contributed by atoms with Crippen LogP contribution < -0.4 is 4.90 Å². The van der Waals surface area contributed by atoms with E-state index in [0.717, 1.165) is 49.4 Å². The number of benzene rings is 2. The fourth-order valence-electron chi connectivity index (χ4n) is 5.01. The number of rotatable bonds is 5. The van der Waals surface area contributed by atoms with Crippen molar-refractivity contribution in [1.29, 1.82) is 0 Å². The van der Waals surface area contributed by atoms with Gasteiger partial charge in [-0.05, 0) is 61.7 Å². The van der Waals surface area contributed by atoms with Crippen LogP contribution >= 0.6 is 11.3 Å². The Balaban J connectivity index is 1.22. The topological polar surface area (TPSA) is 73.8 Å². The van der Waals surface area contributed by atoms with E-state index < -0.39 is 10.0 Å².